The van der Waals surface area contributed by atoms with Gasteiger partial charge in [0.05, 0.1) is 16.6 Å². The van der Waals surface area contributed by atoms with E-state index >= 15 is 0 Å². The van der Waals surface area contributed by atoms with Crippen LogP contribution in [0.25, 0.3) is 23.3 Å². The number of nitro benzene ring substituents is 1. The van der Waals surface area contributed by atoms with Crippen molar-refractivity contribution in [3.05, 3.63) is 118 Å². The lowest BCUT2D eigenvalue weighted by Gasteiger charge is -2.14. The average Bonchev–Trinajstić information content (AvgIpc) is 2.89. The van der Waals surface area contributed by atoms with Crippen LogP contribution in [0.4, 0.5) is 10.1 Å². The van der Waals surface area contributed by atoms with Gasteiger partial charge in [0.1, 0.15) is 5.82 Å². The number of hydrogen-bond donors (Lipinski definition) is 1. The minimum atomic E-state index is -1.12. The highest BCUT2D eigenvalue weighted by atomic mass is 19.1. The van der Waals surface area contributed by atoms with Crippen LogP contribution in [0, 0.1) is 15.9 Å². The number of nitro groups is 1. The number of halogens is 1. The first-order valence-electron chi connectivity index (χ1n) is 11.7. The zero-order valence-electron chi connectivity index (χ0n) is 20.6. The molecule has 0 amide bonds. The number of nitrogens with zero attached hydrogens (tertiary/aromatic N) is 1. The first-order chi connectivity index (χ1) is 18.2. The molecular formula is C30H24FNO6. The van der Waals surface area contributed by atoms with Gasteiger partial charge in [0.2, 0.25) is 5.75 Å². The van der Waals surface area contributed by atoms with Crippen molar-refractivity contribution < 1.29 is 28.7 Å². The third-order valence-corrected chi connectivity index (χ3v) is 5.53. The summed E-state index contributed by atoms with van der Waals surface area (Å²) in [6.45, 7) is 3.73. The van der Waals surface area contributed by atoms with Crippen LogP contribution in [0.3, 0.4) is 0 Å². The van der Waals surface area contributed by atoms with E-state index in [4.69, 9.17) is 9.47 Å². The van der Waals surface area contributed by atoms with Crippen molar-refractivity contribution in [2.75, 3.05) is 0 Å². The van der Waals surface area contributed by atoms with Gasteiger partial charge in [-0.05, 0) is 78.6 Å². The first kappa shape index (κ1) is 26.1. The van der Waals surface area contributed by atoms with Crippen LogP contribution >= 0.6 is 0 Å². The number of hydrogen-bond acceptors (Lipinski definition) is 5. The molecule has 0 bridgehead atoms. The third kappa shape index (κ3) is 6.22. The Kier molecular flexibility index (Phi) is 7.82. The first-order valence-corrected chi connectivity index (χ1v) is 11.7. The fourth-order valence-corrected chi connectivity index (χ4v) is 3.77. The predicted molar refractivity (Wildman–Crippen MR) is 143 cm³/mol. The Morgan fingerprint density at radius 2 is 1.58 bits per heavy atom. The Bertz CT molecular complexity index is 1510. The molecule has 0 saturated heterocycles. The maximum absolute atomic E-state index is 13.3. The normalized spacial score (nSPS) is 11.1. The summed E-state index contributed by atoms with van der Waals surface area (Å²) in [5, 5.41) is 21.5. The Hall–Kier alpha value is -4.98. The summed E-state index contributed by atoms with van der Waals surface area (Å²) in [5.41, 5.74) is 2.08. The highest BCUT2D eigenvalue weighted by molar-refractivity contribution is 5.94. The van der Waals surface area contributed by atoms with Gasteiger partial charge in [-0.15, -0.1) is 0 Å². The molecule has 0 aliphatic carbocycles. The van der Waals surface area contributed by atoms with E-state index in [0.29, 0.717) is 28.2 Å². The summed E-state index contributed by atoms with van der Waals surface area (Å²) in [5.74, 6) is -0.649. The molecule has 1 N–H and O–H groups in total. The van der Waals surface area contributed by atoms with E-state index < -0.39 is 10.9 Å². The molecule has 0 fully saturated rings. The fraction of sp³-hybridized carbons (Fsp3) is 0.100. The molecule has 0 spiro atoms. The monoisotopic (exact) mass is 513 g/mol. The van der Waals surface area contributed by atoms with Gasteiger partial charge in [-0.1, -0.05) is 48.6 Å². The van der Waals surface area contributed by atoms with Crippen LogP contribution in [-0.4, -0.2) is 22.1 Å². The molecule has 0 unspecified atom stereocenters. The lowest BCUT2D eigenvalue weighted by molar-refractivity contribution is -0.385. The van der Waals surface area contributed by atoms with Gasteiger partial charge in [-0.2, -0.15) is 0 Å². The molecule has 4 aromatic rings. The molecule has 0 heterocycles. The van der Waals surface area contributed by atoms with E-state index in [1.165, 1.54) is 30.3 Å². The molecule has 0 aliphatic heterocycles. The van der Waals surface area contributed by atoms with Crippen molar-refractivity contribution in [1.29, 1.82) is 0 Å². The summed E-state index contributed by atoms with van der Waals surface area (Å²) in [7, 11) is 0. The van der Waals surface area contributed by atoms with Crippen LogP contribution in [-0.2, 0) is 0 Å². The Morgan fingerprint density at radius 3 is 2.24 bits per heavy atom. The van der Waals surface area contributed by atoms with Gasteiger partial charge in [-0.25, -0.2) is 9.18 Å². The lowest BCUT2D eigenvalue weighted by atomic mass is 9.98. The number of benzene rings is 4. The fourth-order valence-electron chi connectivity index (χ4n) is 3.77. The Labute approximate surface area is 218 Å². The predicted octanol–water partition coefficient (Wildman–Crippen LogP) is 7.85. The summed E-state index contributed by atoms with van der Waals surface area (Å²) in [6, 6.07) is 22.0. The molecule has 0 aromatic heterocycles. The largest absolute Gasteiger partial charge is 0.487 e. The Morgan fingerprint density at radius 1 is 0.895 bits per heavy atom. The summed E-state index contributed by atoms with van der Waals surface area (Å²) in [4.78, 5) is 23.1. The molecule has 38 heavy (non-hydrogen) atoms. The molecule has 0 saturated carbocycles. The van der Waals surface area contributed by atoms with Gasteiger partial charge in [0.15, 0.2) is 11.5 Å². The lowest BCUT2D eigenvalue weighted by Crippen LogP contribution is -2.06. The van der Waals surface area contributed by atoms with Crippen LogP contribution < -0.4 is 9.47 Å². The van der Waals surface area contributed by atoms with E-state index in [9.17, 15) is 24.4 Å². The van der Waals surface area contributed by atoms with Gasteiger partial charge < -0.3 is 14.6 Å². The number of rotatable bonds is 9. The molecule has 4 rings (SSSR count). The summed E-state index contributed by atoms with van der Waals surface area (Å²) < 4.78 is 24.9. The molecule has 8 heteroatoms. The van der Waals surface area contributed by atoms with E-state index in [0.717, 1.165) is 5.56 Å². The van der Waals surface area contributed by atoms with Crippen molar-refractivity contribution in [2.45, 2.75) is 20.0 Å². The molecule has 4 aromatic carbocycles. The molecule has 0 radical (unpaired) electrons. The van der Waals surface area contributed by atoms with Crippen LogP contribution in [0.15, 0.2) is 84.9 Å². The highest BCUT2D eigenvalue weighted by Crippen LogP contribution is 2.37. The topological polar surface area (TPSA) is 98.9 Å². The summed E-state index contributed by atoms with van der Waals surface area (Å²) in [6.07, 6.45) is 3.05. The smallest absolute Gasteiger partial charge is 0.336 e. The molecule has 7 nitrogen and oxygen atoms in total. The maximum atomic E-state index is 13.3. The average molecular weight is 514 g/mol. The second-order valence-corrected chi connectivity index (χ2v) is 8.65. The number of ether oxygens (including phenoxy) is 2. The zero-order chi connectivity index (χ0) is 27.2. The van der Waals surface area contributed by atoms with Gasteiger partial charge in [0.25, 0.3) is 0 Å². The van der Waals surface area contributed by atoms with Gasteiger partial charge in [-0.3, -0.25) is 10.1 Å². The highest BCUT2D eigenvalue weighted by Gasteiger charge is 2.18. The second kappa shape index (κ2) is 11.4. The van der Waals surface area contributed by atoms with Crippen molar-refractivity contribution in [1.82, 2.24) is 0 Å². The zero-order valence-corrected chi connectivity index (χ0v) is 20.6. The standard InChI is InChI=1S/C30H24FNO6/c1-19(2)37-28-5-3-4-6-29(28)38-27-16-8-20(17-26(27)32(35)36)7-9-23-18-22(12-15-25(23)30(33)34)21-10-13-24(31)14-11-21/h3-19H,1-2H3,(H,33,34)/b9-7+. The minimum Gasteiger partial charge on any atom is -0.487 e. The van der Waals surface area contributed by atoms with Gasteiger partial charge >= 0.3 is 11.7 Å². The summed E-state index contributed by atoms with van der Waals surface area (Å²) >= 11 is 0. The van der Waals surface area contributed by atoms with Crippen molar-refractivity contribution in [3.8, 4) is 28.4 Å². The van der Waals surface area contributed by atoms with Crippen LogP contribution in [0.2, 0.25) is 0 Å². The third-order valence-electron chi connectivity index (χ3n) is 5.53. The maximum Gasteiger partial charge on any atom is 0.336 e. The molecule has 192 valence electrons. The Balaban J connectivity index is 1.66. The van der Waals surface area contributed by atoms with Gasteiger partial charge in [0, 0.05) is 6.07 Å². The van der Waals surface area contributed by atoms with Crippen molar-refractivity contribution >= 4 is 23.8 Å². The number of carboxylic acids is 1. The quantitative estimate of drug-likeness (QED) is 0.139. The number of para-hydroxylation sites is 2. The number of carbonyl (C=O) groups is 1. The molecule has 0 atom stereocenters. The SMILES string of the molecule is CC(C)Oc1ccccc1Oc1ccc(/C=C/c2cc(-c3ccc(F)cc3)ccc2C(=O)O)cc1[N+](=O)[O-]. The van der Waals surface area contributed by atoms with E-state index in [1.807, 2.05) is 13.8 Å². The van der Waals surface area contributed by atoms with Crippen molar-refractivity contribution in [2.24, 2.45) is 0 Å². The minimum absolute atomic E-state index is 0.0384. The molecular weight excluding hydrogens is 489 g/mol. The van der Waals surface area contributed by atoms with Crippen LogP contribution in [0.5, 0.6) is 17.2 Å². The van der Waals surface area contributed by atoms with E-state index in [2.05, 4.69) is 0 Å². The van der Waals surface area contributed by atoms with Crippen molar-refractivity contribution in [3.63, 3.8) is 0 Å². The van der Waals surface area contributed by atoms with E-state index in [-0.39, 0.29) is 28.9 Å². The number of carboxylic acid groups (broad SMARTS) is 1. The second-order valence-electron chi connectivity index (χ2n) is 8.65. The molecule has 0 aliphatic rings. The number of aromatic carboxylic acids is 1. The van der Waals surface area contributed by atoms with Crippen LogP contribution in [0.1, 0.15) is 35.3 Å². The van der Waals surface area contributed by atoms with E-state index in [1.54, 1.807) is 66.7 Å².